The molecule has 162 valence electrons. The molecule has 0 aliphatic carbocycles. The van der Waals surface area contributed by atoms with Gasteiger partial charge in [0.25, 0.3) is 0 Å². The molecule has 3 rings (SSSR count). The molecule has 1 heterocycles. The standard InChI is InChI=1S/C22H30N4O2S2/c1-17-6-5-13-26(16-17)20-11-9-18(10-12-20)15-23-22(29)24-19-7-4-8-21(14-19)25(2)30(3,27)28/h4,7-12,14,17H,5-6,13,15-16H2,1-3H3,(H2,23,24,29)/t17-/m1/s1. The molecule has 1 fully saturated rings. The normalized spacial score (nSPS) is 16.8. The van der Waals surface area contributed by atoms with E-state index >= 15 is 0 Å². The molecule has 1 saturated heterocycles. The SMILES string of the molecule is C[C@@H]1CCCN(c2ccc(CNC(=S)Nc3cccc(N(C)S(C)(=O)=O)c3)cc2)C1. The number of piperidine rings is 1. The van der Waals surface area contributed by atoms with Crippen molar-refractivity contribution in [3.63, 3.8) is 0 Å². The Bertz CT molecular complexity index is 977. The lowest BCUT2D eigenvalue weighted by atomic mass is 9.99. The minimum atomic E-state index is -3.31. The molecule has 0 radical (unpaired) electrons. The van der Waals surface area contributed by atoms with E-state index in [-0.39, 0.29) is 0 Å². The minimum absolute atomic E-state index is 0.489. The quantitative estimate of drug-likeness (QED) is 0.658. The van der Waals surface area contributed by atoms with Crippen LogP contribution in [-0.2, 0) is 16.6 Å². The summed E-state index contributed by atoms with van der Waals surface area (Å²) in [6.45, 7) is 5.18. The number of hydrogen-bond acceptors (Lipinski definition) is 4. The third-order valence-electron chi connectivity index (χ3n) is 5.38. The highest BCUT2D eigenvalue weighted by atomic mass is 32.2. The summed E-state index contributed by atoms with van der Waals surface area (Å²) >= 11 is 5.40. The van der Waals surface area contributed by atoms with Gasteiger partial charge in [-0.1, -0.05) is 25.1 Å². The van der Waals surface area contributed by atoms with E-state index < -0.39 is 10.0 Å². The van der Waals surface area contributed by atoms with Crippen molar-refractivity contribution in [3.05, 3.63) is 54.1 Å². The van der Waals surface area contributed by atoms with E-state index in [1.54, 1.807) is 18.2 Å². The summed E-state index contributed by atoms with van der Waals surface area (Å²) in [7, 11) is -1.78. The van der Waals surface area contributed by atoms with Crippen LogP contribution in [0.25, 0.3) is 0 Å². The number of nitrogens with one attached hydrogen (secondary N) is 2. The van der Waals surface area contributed by atoms with Gasteiger partial charge in [0.05, 0.1) is 11.9 Å². The van der Waals surface area contributed by atoms with Crippen LogP contribution in [0.5, 0.6) is 0 Å². The number of rotatable bonds is 6. The molecular formula is C22H30N4O2S2. The number of hydrogen-bond donors (Lipinski definition) is 2. The minimum Gasteiger partial charge on any atom is -0.371 e. The van der Waals surface area contributed by atoms with Gasteiger partial charge < -0.3 is 15.5 Å². The summed E-state index contributed by atoms with van der Waals surface area (Å²) in [5.41, 5.74) is 3.74. The van der Waals surface area contributed by atoms with Crippen LogP contribution < -0.4 is 19.8 Å². The molecule has 6 nitrogen and oxygen atoms in total. The van der Waals surface area contributed by atoms with Crippen molar-refractivity contribution in [2.45, 2.75) is 26.3 Å². The van der Waals surface area contributed by atoms with Gasteiger partial charge in [-0.15, -0.1) is 0 Å². The van der Waals surface area contributed by atoms with Crippen LogP contribution in [0.1, 0.15) is 25.3 Å². The second-order valence-corrected chi connectivity index (χ2v) is 10.4. The van der Waals surface area contributed by atoms with E-state index in [2.05, 4.69) is 46.7 Å². The van der Waals surface area contributed by atoms with Gasteiger partial charge in [-0.25, -0.2) is 8.42 Å². The average molecular weight is 447 g/mol. The lowest BCUT2D eigenvalue weighted by molar-refractivity contribution is 0.447. The second kappa shape index (κ2) is 9.66. The van der Waals surface area contributed by atoms with Gasteiger partial charge in [0.15, 0.2) is 5.11 Å². The predicted molar refractivity (Wildman–Crippen MR) is 130 cm³/mol. The van der Waals surface area contributed by atoms with Crippen LogP contribution >= 0.6 is 12.2 Å². The van der Waals surface area contributed by atoms with Crippen molar-refractivity contribution in [1.29, 1.82) is 0 Å². The summed E-state index contributed by atoms with van der Waals surface area (Å²) in [5, 5.41) is 6.81. The molecule has 0 aromatic heterocycles. The zero-order valence-corrected chi connectivity index (χ0v) is 19.4. The fourth-order valence-electron chi connectivity index (χ4n) is 3.58. The van der Waals surface area contributed by atoms with Crippen molar-refractivity contribution in [2.24, 2.45) is 5.92 Å². The first-order valence-corrected chi connectivity index (χ1v) is 12.4. The summed E-state index contributed by atoms with van der Waals surface area (Å²) in [5.74, 6) is 0.749. The Morgan fingerprint density at radius 1 is 1.23 bits per heavy atom. The van der Waals surface area contributed by atoms with E-state index in [1.807, 2.05) is 6.07 Å². The molecule has 1 atom stereocenters. The topological polar surface area (TPSA) is 64.7 Å². The van der Waals surface area contributed by atoms with Gasteiger partial charge in [-0.2, -0.15) is 0 Å². The Morgan fingerprint density at radius 3 is 2.63 bits per heavy atom. The van der Waals surface area contributed by atoms with Gasteiger partial charge >= 0.3 is 0 Å². The second-order valence-electron chi connectivity index (χ2n) is 7.95. The van der Waals surface area contributed by atoms with Gasteiger partial charge in [-0.05, 0) is 66.9 Å². The molecule has 2 aromatic rings. The third-order valence-corrected chi connectivity index (χ3v) is 6.83. The molecule has 0 saturated carbocycles. The maximum Gasteiger partial charge on any atom is 0.231 e. The Hall–Kier alpha value is -2.32. The maximum absolute atomic E-state index is 11.7. The summed E-state index contributed by atoms with van der Waals surface area (Å²) in [6.07, 6.45) is 3.75. The van der Waals surface area contributed by atoms with Crippen molar-refractivity contribution in [2.75, 3.05) is 40.9 Å². The van der Waals surface area contributed by atoms with Crippen LogP contribution in [0.2, 0.25) is 0 Å². The Kier molecular flexibility index (Phi) is 7.20. The van der Waals surface area contributed by atoms with Gasteiger partial charge in [0, 0.05) is 38.1 Å². The van der Waals surface area contributed by atoms with Crippen LogP contribution in [0.4, 0.5) is 17.1 Å². The van der Waals surface area contributed by atoms with E-state index in [9.17, 15) is 8.42 Å². The van der Waals surface area contributed by atoms with Crippen LogP contribution in [0.15, 0.2) is 48.5 Å². The highest BCUT2D eigenvalue weighted by Gasteiger charge is 2.16. The van der Waals surface area contributed by atoms with Gasteiger partial charge in [0.1, 0.15) is 0 Å². The number of anilines is 3. The van der Waals surface area contributed by atoms with Crippen molar-refractivity contribution < 1.29 is 8.42 Å². The first-order chi connectivity index (χ1) is 14.2. The van der Waals surface area contributed by atoms with Crippen LogP contribution in [0, 0.1) is 5.92 Å². The van der Waals surface area contributed by atoms with E-state index in [1.165, 1.54) is 36.1 Å². The van der Waals surface area contributed by atoms with Crippen LogP contribution in [-0.4, -0.2) is 39.9 Å². The first-order valence-electron chi connectivity index (χ1n) is 10.1. The highest BCUT2D eigenvalue weighted by Crippen LogP contribution is 2.23. The molecule has 30 heavy (non-hydrogen) atoms. The van der Waals surface area contributed by atoms with E-state index in [0.29, 0.717) is 17.3 Å². The molecule has 1 aliphatic heterocycles. The van der Waals surface area contributed by atoms with Gasteiger partial charge in [0.2, 0.25) is 10.0 Å². The van der Waals surface area contributed by atoms with E-state index in [4.69, 9.17) is 12.2 Å². The largest absolute Gasteiger partial charge is 0.371 e. The fourth-order valence-corrected chi connectivity index (χ4v) is 4.26. The van der Waals surface area contributed by atoms with Crippen molar-refractivity contribution in [3.8, 4) is 0 Å². The summed E-state index contributed by atoms with van der Waals surface area (Å²) in [6, 6.07) is 15.8. The molecule has 8 heteroatoms. The molecule has 2 N–H and O–H groups in total. The average Bonchev–Trinajstić information content (AvgIpc) is 2.71. The summed E-state index contributed by atoms with van der Waals surface area (Å²) < 4.78 is 24.7. The number of benzene rings is 2. The number of thiocarbonyl (C=S) groups is 1. The summed E-state index contributed by atoms with van der Waals surface area (Å²) in [4.78, 5) is 2.46. The van der Waals surface area contributed by atoms with Gasteiger partial charge in [-0.3, -0.25) is 4.31 Å². The predicted octanol–water partition coefficient (Wildman–Crippen LogP) is 3.81. The van der Waals surface area contributed by atoms with Crippen LogP contribution in [0.3, 0.4) is 0 Å². The Morgan fingerprint density at radius 2 is 1.97 bits per heavy atom. The number of sulfonamides is 1. The zero-order chi connectivity index (χ0) is 21.7. The highest BCUT2D eigenvalue weighted by molar-refractivity contribution is 7.92. The maximum atomic E-state index is 11.7. The molecular weight excluding hydrogens is 416 g/mol. The van der Waals surface area contributed by atoms with E-state index in [0.717, 1.165) is 30.3 Å². The lowest BCUT2D eigenvalue weighted by Crippen LogP contribution is -2.34. The molecule has 0 bridgehead atoms. The number of nitrogens with zero attached hydrogens (tertiary/aromatic N) is 2. The third kappa shape index (κ3) is 6.09. The molecule has 0 spiro atoms. The van der Waals surface area contributed by atoms with Crippen molar-refractivity contribution >= 4 is 44.4 Å². The Labute approximate surface area is 185 Å². The monoisotopic (exact) mass is 446 g/mol. The Balaban J connectivity index is 1.53. The fraction of sp³-hybridized carbons (Fsp3) is 0.409. The van der Waals surface area contributed by atoms with Crippen molar-refractivity contribution in [1.82, 2.24) is 5.32 Å². The smallest absolute Gasteiger partial charge is 0.231 e. The lowest BCUT2D eigenvalue weighted by Gasteiger charge is -2.32. The molecule has 1 aliphatic rings. The molecule has 2 aromatic carbocycles. The molecule has 0 unspecified atom stereocenters. The first kappa shape index (κ1) is 22.4. The molecule has 0 amide bonds. The zero-order valence-electron chi connectivity index (χ0n) is 17.8.